The zero-order valence-electron chi connectivity index (χ0n) is 6.51. The van der Waals surface area contributed by atoms with Crippen LogP contribution in [0.2, 0.25) is 0 Å². The van der Waals surface area contributed by atoms with Crippen LogP contribution in [0.1, 0.15) is 0 Å². The van der Waals surface area contributed by atoms with E-state index in [1.165, 1.54) is 0 Å². The third-order valence-corrected chi connectivity index (χ3v) is 1.67. The molecule has 0 unspecified atom stereocenters. The van der Waals surface area contributed by atoms with Gasteiger partial charge in [0.1, 0.15) is 7.85 Å². The van der Waals surface area contributed by atoms with E-state index in [-0.39, 0.29) is 0 Å². The fraction of sp³-hybridized carbons (Fsp3) is 0. The van der Waals surface area contributed by atoms with Crippen molar-refractivity contribution in [2.75, 3.05) is 0 Å². The van der Waals surface area contributed by atoms with Gasteiger partial charge < -0.3 is 0 Å². The lowest BCUT2D eigenvalue weighted by atomic mass is 10.1. The Balaban J connectivity index is 2.51. The summed E-state index contributed by atoms with van der Waals surface area (Å²) in [7, 11) is 5.67. The van der Waals surface area contributed by atoms with E-state index in [1.807, 2.05) is 30.3 Å². The second-order valence-corrected chi connectivity index (χ2v) is 2.50. The van der Waals surface area contributed by atoms with Crippen LogP contribution in [0.5, 0.6) is 0 Å². The number of hydrogen-bond acceptors (Lipinski definition) is 1. The molecule has 2 rings (SSSR count). The molecule has 0 spiro atoms. The summed E-state index contributed by atoms with van der Waals surface area (Å²) in [6.07, 6.45) is 1.68. The first-order chi connectivity index (χ1) is 5.88. The SMILES string of the molecule is [B]c1ccnn1-c1ccccc1. The zero-order valence-corrected chi connectivity index (χ0v) is 6.51. The summed E-state index contributed by atoms with van der Waals surface area (Å²) in [5.41, 5.74) is 1.64. The Kier molecular flexibility index (Phi) is 1.70. The molecule has 0 saturated heterocycles. The van der Waals surface area contributed by atoms with Gasteiger partial charge in [-0.15, -0.1) is 0 Å². The Hall–Kier alpha value is -1.51. The molecule has 0 aliphatic rings. The maximum Gasteiger partial charge on any atom is 0.141 e. The van der Waals surface area contributed by atoms with Crippen LogP contribution in [0.4, 0.5) is 0 Å². The summed E-state index contributed by atoms with van der Waals surface area (Å²) in [4.78, 5) is 0. The van der Waals surface area contributed by atoms with E-state index in [1.54, 1.807) is 16.9 Å². The van der Waals surface area contributed by atoms with E-state index in [2.05, 4.69) is 5.10 Å². The minimum atomic E-state index is 0.654. The van der Waals surface area contributed by atoms with Crippen molar-refractivity contribution >= 4 is 13.4 Å². The molecule has 56 valence electrons. The van der Waals surface area contributed by atoms with E-state index >= 15 is 0 Å². The van der Waals surface area contributed by atoms with Gasteiger partial charge in [-0.3, -0.25) is 0 Å². The number of hydrogen-bond donors (Lipinski definition) is 0. The van der Waals surface area contributed by atoms with Crippen molar-refractivity contribution in [1.82, 2.24) is 9.78 Å². The van der Waals surface area contributed by atoms with Crippen molar-refractivity contribution in [3.63, 3.8) is 0 Å². The fourth-order valence-corrected chi connectivity index (χ4v) is 1.10. The van der Waals surface area contributed by atoms with E-state index < -0.39 is 0 Å². The predicted molar refractivity (Wildman–Crippen MR) is 49.0 cm³/mol. The van der Waals surface area contributed by atoms with Crippen LogP contribution in [0.3, 0.4) is 0 Å². The Morgan fingerprint density at radius 3 is 2.42 bits per heavy atom. The number of benzene rings is 1. The third kappa shape index (κ3) is 1.14. The Labute approximate surface area is 72.2 Å². The minimum Gasteiger partial charge on any atom is -0.249 e. The summed E-state index contributed by atoms with van der Waals surface area (Å²) in [6.45, 7) is 0. The molecule has 1 aromatic carbocycles. The number of rotatable bonds is 1. The van der Waals surface area contributed by atoms with Gasteiger partial charge in [0.25, 0.3) is 0 Å². The lowest BCUT2D eigenvalue weighted by Crippen LogP contribution is -2.15. The van der Waals surface area contributed by atoms with Crippen molar-refractivity contribution in [3.8, 4) is 5.69 Å². The normalized spacial score (nSPS) is 10.0. The molecular formula is C9H7BN2. The number of para-hydroxylation sites is 1. The third-order valence-electron chi connectivity index (χ3n) is 1.67. The highest BCUT2D eigenvalue weighted by Gasteiger charge is 1.96. The Morgan fingerprint density at radius 2 is 1.83 bits per heavy atom. The molecule has 2 nitrogen and oxygen atoms in total. The molecule has 1 heterocycles. The molecule has 0 aliphatic heterocycles. The molecule has 2 aromatic rings. The zero-order chi connectivity index (χ0) is 8.39. The molecule has 0 amide bonds. The Morgan fingerprint density at radius 1 is 1.08 bits per heavy atom. The monoisotopic (exact) mass is 154 g/mol. The van der Waals surface area contributed by atoms with Gasteiger partial charge in [0.2, 0.25) is 0 Å². The highest BCUT2D eigenvalue weighted by molar-refractivity contribution is 6.31. The van der Waals surface area contributed by atoms with Gasteiger partial charge >= 0.3 is 0 Å². The first-order valence-electron chi connectivity index (χ1n) is 3.73. The topological polar surface area (TPSA) is 17.8 Å². The van der Waals surface area contributed by atoms with Gasteiger partial charge in [-0.05, 0) is 23.8 Å². The van der Waals surface area contributed by atoms with Crippen molar-refractivity contribution < 1.29 is 0 Å². The maximum absolute atomic E-state index is 5.67. The second-order valence-electron chi connectivity index (χ2n) is 2.50. The van der Waals surface area contributed by atoms with Crippen LogP contribution in [0.25, 0.3) is 5.69 Å². The lowest BCUT2D eigenvalue weighted by molar-refractivity contribution is 0.904. The minimum absolute atomic E-state index is 0.654. The molecule has 0 saturated carbocycles. The fourth-order valence-electron chi connectivity index (χ4n) is 1.10. The number of nitrogens with zero attached hydrogens (tertiary/aromatic N) is 2. The van der Waals surface area contributed by atoms with E-state index in [0.717, 1.165) is 5.69 Å². The van der Waals surface area contributed by atoms with Crippen molar-refractivity contribution in [3.05, 3.63) is 42.6 Å². The van der Waals surface area contributed by atoms with Crippen LogP contribution in [-0.4, -0.2) is 17.6 Å². The van der Waals surface area contributed by atoms with Gasteiger partial charge in [0, 0.05) is 6.20 Å². The highest BCUT2D eigenvalue weighted by Crippen LogP contribution is 2.01. The molecule has 0 N–H and O–H groups in total. The maximum atomic E-state index is 5.67. The average molecular weight is 154 g/mol. The molecule has 12 heavy (non-hydrogen) atoms. The first kappa shape index (κ1) is 7.16. The predicted octanol–water partition coefficient (Wildman–Crippen LogP) is 0.666. The summed E-state index contributed by atoms with van der Waals surface area (Å²) >= 11 is 0. The van der Waals surface area contributed by atoms with Crippen molar-refractivity contribution in [1.29, 1.82) is 0 Å². The van der Waals surface area contributed by atoms with Crippen LogP contribution in [0.15, 0.2) is 42.6 Å². The van der Waals surface area contributed by atoms with E-state index in [9.17, 15) is 0 Å². The van der Waals surface area contributed by atoms with E-state index in [4.69, 9.17) is 7.85 Å². The largest absolute Gasteiger partial charge is 0.249 e. The van der Waals surface area contributed by atoms with Gasteiger partial charge in [-0.25, -0.2) is 4.68 Å². The second kappa shape index (κ2) is 2.85. The summed E-state index contributed by atoms with van der Waals surface area (Å²) in [6, 6.07) is 11.6. The van der Waals surface area contributed by atoms with Gasteiger partial charge in [-0.2, -0.15) is 5.10 Å². The molecule has 1 aromatic heterocycles. The number of aromatic nitrogens is 2. The molecule has 0 bridgehead atoms. The summed E-state index contributed by atoms with van der Waals surface area (Å²) < 4.78 is 1.69. The summed E-state index contributed by atoms with van der Waals surface area (Å²) in [5.74, 6) is 0. The van der Waals surface area contributed by atoms with Crippen molar-refractivity contribution in [2.45, 2.75) is 0 Å². The van der Waals surface area contributed by atoms with E-state index in [0.29, 0.717) is 5.59 Å². The molecule has 3 heteroatoms. The Bertz CT molecular complexity index is 367. The van der Waals surface area contributed by atoms with Crippen LogP contribution in [-0.2, 0) is 0 Å². The molecular weight excluding hydrogens is 147 g/mol. The summed E-state index contributed by atoms with van der Waals surface area (Å²) in [5, 5.41) is 4.08. The molecule has 2 radical (unpaired) electrons. The smallest absolute Gasteiger partial charge is 0.141 e. The lowest BCUT2D eigenvalue weighted by Gasteiger charge is -2.02. The van der Waals surface area contributed by atoms with Crippen LogP contribution >= 0.6 is 0 Å². The van der Waals surface area contributed by atoms with Crippen LogP contribution in [0, 0.1) is 0 Å². The van der Waals surface area contributed by atoms with Gasteiger partial charge in [0.05, 0.1) is 5.69 Å². The quantitative estimate of drug-likeness (QED) is 0.552. The highest BCUT2D eigenvalue weighted by atomic mass is 15.3. The van der Waals surface area contributed by atoms with Crippen molar-refractivity contribution in [2.24, 2.45) is 0 Å². The molecule has 0 aliphatic carbocycles. The van der Waals surface area contributed by atoms with Gasteiger partial charge in [-0.1, -0.05) is 18.2 Å². The first-order valence-corrected chi connectivity index (χ1v) is 3.73. The standard InChI is InChI=1S/C9H7BN2/c10-9-6-7-11-12(9)8-4-2-1-3-5-8/h1-7H. The van der Waals surface area contributed by atoms with Gasteiger partial charge in [0.15, 0.2) is 0 Å². The van der Waals surface area contributed by atoms with Crippen LogP contribution < -0.4 is 5.59 Å². The average Bonchev–Trinajstić information content (AvgIpc) is 2.53. The molecule has 0 atom stereocenters. The molecule has 0 fully saturated rings.